The fourth-order valence-electron chi connectivity index (χ4n) is 5.65. The fraction of sp³-hybridized carbons (Fsp3) is 0.500. The quantitative estimate of drug-likeness (QED) is 0.527. The molecule has 1 aromatic carbocycles. The summed E-state index contributed by atoms with van der Waals surface area (Å²) in [4.78, 5) is 29.4. The average molecular weight is 494 g/mol. The third-order valence-corrected chi connectivity index (χ3v) is 7.96. The van der Waals surface area contributed by atoms with Crippen molar-refractivity contribution in [2.75, 3.05) is 20.8 Å². The van der Waals surface area contributed by atoms with Crippen LogP contribution >= 0.6 is 0 Å². The zero-order chi connectivity index (χ0) is 25.4. The highest BCUT2D eigenvalue weighted by Gasteiger charge is 2.48. The van der Waals surface area contributed by atoms with Crippen molar-refractivity contribution < 1.29 is 23.5 Å². The first-order chi connectivity index (χ1) is 17.3. The molecule has 1 fully saturated rings. The minimum atomic E-state index is -1.03. The van der Waals surface area contributed by atoms with Crippen molar-refractivity contribution in [1.29, 1.82) is 0 Å². The van der Waals surface area contributed by atoms with Gasteiger partial charge in [-0.2, -0.15) is 0 Å². The summed E-state index contributed by atoms with van der Waals surface area (Å²) in [6.07, 6.45) is 6.37. The Bertz CT molecular complexity index is 1270. The van der Waals surface area contributed by atoms with Gasteiger partial charge in [-0.05, 0) is 62.6 Å². The maximum atomic E-state index is 13.8. The number of methoxy groups -OCH3 is 2. The maximum absolute atomic E-state index is 13.8. The van der Waals surface area contributed by atoms with E-state index in [1.807, 2.05) is 35.8 Å². The number of nitrogens with one attached hydrogen (secondary N) is 1. The van der Waals surface area contributed by atoms with E-state index < -0.39 is 5.54 Å². The number of amides is 2. The van der Waals surface area contributed by atoms with E-state index in [2.05, 4.69) is 12.2 Å². The number of furan rings is 1. The Morgan fingerprint density at radius 3 is 2.58 bits per heavy atom. The molecule has 8 heteroatoms. The summed E-state index contributed by atoms with van der Waals surface area (Å²) >= 11 is 0. The molecule has 5 rings (SSSR count). The Morgan fingerprint density at radius 2 is 1.86 bits per heavy atom. The summed E-state index contributed by atoms with van der Waals surface area (Å²) in [6, 6.07) is 9.53. The van der Waals surface area contributed by atoms with Gasteiger partial charge < -0.3 is 28.7 Å². The van der Waals surface area contributed by atoms with E-state index >= 15 is 0 Å². The van der Waals surface area contributed by atoms with E-state index in [0.717, 1.165) is 36.8 Å². The lowest BCUT2D eigenvalue weighted by atomic mass is 9.86. The van der Waals surface area contributed by atoms with Crippen molar-refractivity contribution in [3.05, 3.63) is 47.9 Å². The van der Waals surface area contributed by atoms with Gasteiger partial charge in [0.1, 0.15) is 11.2 Å². The molecule has 36 heavy (non-hydrogen) atoms. The molecule has 1 aliphatic carbocycles. The minimum Gasteiger partial charge on any atom is -0.493 e. The maximum Gasteiger partial charge on any atom is 0.271 e. The van der Waals surface area contributed by atoms with E-state index in [9.17, 15) is 9.59 Å². The Balaban J connectivity index is 1.44. The molecule has 2 aromatic heterocycles. The second-order valence-corrected chi connectivity index (χ2v) is 10.4. The number of hydrogen-bond acceptors (Lipinski definition) is 5. The molecule has 8 nitrogen and oxygen atoms in total. The highest BCUT2D eigenvalue weighted by atomic mass is 16.5. The standard InChI is InChI=1S/C28H35N3O5/c1-18-5-8-20(9-6-18)29-27(33)28(2)17-30-21-12-14-36-24(21)16-22(30)26(32)31(28)13-11-19-7-10-23(34-3)25(15-19)35-4/h7,10,12,14-16,18,20H,5-6,8-9,11,13,17H2,1-4H3,(H,29,33)/t18?,20?,28-/m1/s1. The van der Waals surface area contributed by atoms with Crippen molar-refractivity contribution >= 4 is 22.9 Å². The number of benzene rings is 1. The van der Waals surface area contributed by atoms with Crippen LogP contribution in [0.2, 0.25) is 0 Å². The van der Waals surface area contributed by atoms with Gasteiger partial charge in [0, 0.05) is 24.7 Å². The van der Waals surface area contributed by atoms with Gasteiger partial charge in [-0.3, -0.25) is 9.59 Å². The molecule has 2 aliphatic rings. The summed E-state index contributed by atoms with van der Waals surface area (Å²) < 4.78 is 18.3. The molecular weight excluding hydrogens is 458 g/mol. The van der Waals surface area contributed by atoms with Crippen molar-refractivity contribution in [1.82, 2.24) is 14.8 Å². The molecule has 0 bridgehead atoms. The van der Waals surface area contributed by atoms with Crippen LogP contribution in [0.1, 0.15) is 55.6 Å². The topological polar surface area (TPSA) is 85.9 Å². The Labute approximate surface area is 211 Å². The molecule has 3 heterocycles. The van der Waals surface area contributed by atoms with Crippen LogP contribution in [0.3, 0.4) is 0 Å². The van der Waals surface area contributed by atoms with Gasteiger partial charge >= 0.3 is 0 Å². The van der Waals surface area contributed by atoms with E-state index in [-0.39, 0.29) is 17.9 Å². The van der Waals surface area contributed by atoms with Gasteiger partial charge in [-0.15, -0.1) is 0 Å². The number of aromatic nitrogens is 1. The number of rotatable bonds is 7. The predicted octanol–water partition coefficient (Wildman–Crippen LogP) is 4.40. The zero-order valence-corrected chi connectivity index (χ0v) is 21.5. The number of fused-ring (bicyclic) bond motifs is 3. The monoisotopic (exact) mass is 493 g/mol. The smallest absolute Gasteiger partial charge is 0.271 e. The van der Waals surface area contributed by atoms with E-state index in [0.29, 0.717) is 48.2 Å². The second-order valence-electron chi connectivity index (χ2n) is 10.4. The second kappa shape index (κ2) is 9.56. The van der Waals surface area contributed by atoms with Crippen LogP contribution in [0.4, 0.5) is 0 Å². The van der Waals surface area contributed by atoms with Crippen LogP contribution in [0.15, 0.2) is 41.0 Å². The average Bonchev–Trinajstić information content (AvgIpc) is 3.47. The van der Waals surface area contributed by atoms with Gasteiger partial charge in [-0.1, -0.05) is 13.0 Å². The molecule has 0 unspecified atom stereocenters. The number of nitrogens with zero attached hydrogens (tertiary/aromatic N) is 2. The third kappa shape index (κ3) is 4.22. The first kappa shape index (κ1) is 24.3. The van der Waals surface area contributed by atoms with Gasteiger partial charge in [0.2, 0.25) is 5.91 Å². The lowest BCUT2D eigenvalue weighted by Crippen LogP contribution is -2.65. The van der Waals surface area contributed by atoms with Crippen molar-refractivity contribution in [2.45, 2.75) is 64.1 Å². The van der Waals surface area contributed by atoms with E-state index in [1.54, 1.807) is 31.4 Å². The Hall–Kier alpha value is -3.42. The molecule has 0 saturated heterocycles. The van der Waals surface area contributed by atoms with Crippen LogP contribution in [0, 0.1) is 5.92 Å². The summed E-state index contributed by atoms with van der Waals surface area (Å²) in [6.45, 7) is 4.92. The summed E-state index contributed by atoms with van der Waals surface area (Å²) in [5, 5.41) is 3.29. The zero-order valence-electron chi connectivity index (χ0n) is 21.5. The van der Waals surface area contributed by atoms with E-state index in [4.69, 9.17) is 13.9 Å². The first-order valence-corrected chi connectivity index (χ1v) is 12.7. The molecular formula is C28H35N3O5. The SMILES string of the molecule is COc1ccc(CCN2C(=O)c3cc4occc4n3C[C@]2(C)C(=O)NC2CCC(C)CC2)cc1OC. The van der Waals surface area contributed by atoms with Gasteiger partial charge in [-0.25, -0.2) is 0 Å². The number of ether oxygens (including phenoxy) is 2. The Kier molecular flexibility index (Phi) is 6.45. The predicted molar refractivity (Wildman–Crippen MR) is 136 cm³/mol. The summed E-state index contributed by atoms with van der Waals surface area (Å²) in [5.41, 5.74) is 2.01. The van der Waals surface area contributed by atoms with Crippen LogP contribution in [-0.4, -0.2) is 53.6 Å². The third-order valence-electron chi connectivity index (χ3n) is 7.96. The highest BCUT2D eigenvalue weighted by Crippen LogP contribution is 2.34. The fourth-order valence-corrected chi connectivity index (χ4v) is 5.65. The minimum absolute atomic E-state index is 0.0984. The molecule has 0 radical (unpaired) electrons. The van der Waals surface area contributed by atoms with Crippen molar-refractivity contribution in [3.63, 3.8) is 0 Å². The molecule has 1 atom stereocenters. The summed E-state index contributed by atoms with van der Waals surface area (Å²) in [5.74, 6) is 1.73. The van der Waals surface area contributed by atoms with Crippen molar-refractivity contribution in [3.8, 4) is 11.5 Å². The highest BCUT2D eigenvalue weighted by molar-refractivity contribution is 6.02. The van der Waals surface area contributed by atoms with Crippen LogP contribution in [0.5, 0.6) is 11.5 Å². The number of hydrogen-bond donors (Lipinski definition) is 1. The summed E-state index contributed by atoms with van der Waals surface area (Å²) in [7, 11) is 3.21. The number of carbonyl (C=O) groups excluding carboxylic acids is 2. The Morgan fingerprint density at radius 1 is 1.11 bits per heavy atom. The van der Waals surface area contributed by atoms with Crippen LogP contribution in [0.25, 0.3) is 11.1 Å². The molecule has 3 aromatic rings. The normalized spacial score (nSPS) is 24.0. The lowest BCUT2D eigenvalue weighted by Gasteiger charge is -2.45. The molecule has 1 N–H and O–H groups in total. The van der Waals surface area contributed by atoms with Gasteiger partial charge in [0.25, 0.3) is 5.91 Å². The van der Waals surface area contributed by atoms with Gasteiger partial charge in [0.15, 0.2) is 17.1 Å². The molecule has 1 saturated carbocycles. The van der Waals surface area contributed by atoms with E-state index in [1.165, 1.54) is 0 Å². The van der Waals surface area contributed by atoms with Crippen LogP contribution in [-0.2, 0) is 17.8 Å². The van der Waals surface area contributed by atoms with Gasteiger partial charge in [0.05, 0.1) is 32.5 Å². The molecule has 2 amide bonds. The van der Waals surface area contributed by atoms with Crippen molar-refractivity contribution in [2.24, 2.45) is 5.92 Å². The molecule has 0 spiro atoms. The van der Waals surface area contributed by atoms with Crippen LogP contribution < -0.4 is 14.8 Å². The first-order valence-electron chi connectivity index (χ1n) is 12.7. The molecule has 192 valence electrons. The largest absolute Gasteiger partial charge is 0.493 e. The molecule has 1 aliphatic heterocycles. The lowest BCUT2D eigenvalue weighted by molar-refractivity contribution is -0.133. The number of carbonyl (C=O) groups is 2.